The zero-order valence-electron chi connectivity index (χ0n) is 12.0. The molecule has 0 aromatic carbocycles. The molecule has 1 fully saturated rings. The molecular formula is C14H25N3O. The Hall–Kier alpha value is -0.900. The second-order valence-electron chi connectivity index (χ2n) is 6.99. The molecule has 2 rings (SSSR count). The fraction of sp³-hybridized carbons (Fsp3) is 0.857. The van der Waals surface area contributed by atoms with Crippen LogP contribution in [0.15, 0.2) is 4.52 Å². The molecule has 1 aromatic rings. The Morgan fingerprint density at radius 1 is 1.44 bits per heavy atom. The molecule has 2 atom stereocenters. The summed E-state index contributed by atoms with van der Waals surface area (Å²) in [6, 6.07) is 0.147. The van der Waals surface area contributed by atoms with Crippen molar-refractivity contribution in [3.05, 3.63) is 11.7 Å². The number of hydrogen-bond donors (Lipinski definition) is 1. The SMILES string of the molecule is CC(C)(C)CCc1noc(C2(C)CCCC2N)n1. The molecule has 1 aromatic heterocycles. The van der Waals surface area contributed by atoms with Crippen molar-refractivity contribution >= 4 is 0 Å². The maximum absolute atomic E-state index is 6.17. The minimum atomic E-state index is -0.118. The van der Waals surface area contributed by atoms with Gasteiger partial charge in [0.05, 0.1) is 5.41 Å². The van der Waals surface area contributed by atoms with Crippen molar-refractivity contribution in [1.82, 2.24) is 10.1 Å². The molecule has 4 nitrogen and oxygen atoms in total. The van der Waals surface area contributed by atoms with Gasteiger partial charge < -0.3 is 10.3 Å². The average molecular weight is 251 g/mol. The van der Waals surface area contributed by atoms with Crippen LogP contribution < -0.4 is 5.73 Å². The topological polar surface area (TPSA) is 64.9 Å². The average Bonchev–Trinajstić information content (AvgIpc) is 2.84. The highest BCUT2D eigenvalue weighted by atomic mass is 16.5. The minimum Gasteiger partial charge on any atom is -0.339 e. The molecule has 0 amide bonds. The third-order valence-electron chi connectivity index (χ3n) is 4.08. The molecule has 102 valence electrons. The number of aromatic nitrogens is 2. The number of nitrogens with two attached hydrogens (primary N) is 1. The van der Waals surface area contributed by atoms with Gasteiger partial charge in [-0.1, -0.05) is 32.3 Å². The van der Waals surface area contributed by atoms with Crippen LogP contribution in [0.5, 0.6) is 0 Å². The highest BCUT2D eigenvalue weighted by Gasteiger charge is 2.42. The van der Waals surface area contributed by atoms with E-state index in [-0.39, 0.29) is 11.5 Å². The number of rotatable bonds is 3. The van der Waals surface area contributed by atoms with Crippen LogP contribution in [-0.4, -0.2) is 16.2 Å². The summed E-state index contributed by atoms with van der Waals surface area (Å²) in [6.45, 7) is 8.82. The van der Waals surface area contributed by atoms with Gasteiger partial charge in [0.1, 0.15) is 0 Å². The molecule has 4 heteroatoms. The summed E-state index contributed by atoms with van der Waals surface area (Å²) in [5, 5.41) is 4.10. The first-order chi connectivity index (χ1) is 8.31. The first kappa shape index (κ1) is 13.5. The van der Waals surface area contributed by atoms with Crippen molar-refractivity contribution in [1.29, 1.82) is 0 Å². The van der Waals surface area contributed by atoms with Gasteiger partial charge in [-0.05, 0) is 31.6 Å². The van der Waals surface area contributed by atoms with E-state index in [2.05, 4.69) is 37.8 Å². The summed E-state index contributed by atoms with van der Waals surface area (Å²) >= 11 is 0. The molecule has 2 N–H and O–H groups in total. The summed E-state index contributed by atoms with van der Waals surface area (Å²) in [4.78, 5) is 4.56. The van der Waals surface area contributed by atoms with Crippen LogP contribution >= 0.6 is 0 Å². The van der Waals surface area contributed by atoms with E-state index in [9.17, 15) is 0 Å². The normalized spacial score (nSPS) is 28.8. The van der Waals surface area contributed by atoms with Crippen LogP contribution in [0.2, 0.25) is 0 Å². The van der Waals surface area contributed by atoms with E-state index >= 15 is 0 Å². The number of aryl methyl sites for hydroxylation is 1. The fourth-order valence-corrected chi connectivity index (χ4v) is 2.53. The summed E-state index contributed by atoms with van der Waals surface area (Å²) in [6.07, 6.45) is 5.19. The predicted octanol–water partition coefficient (Wildman–Crippen LogP) is 2.82. The fourth-order valence-electron chi connectivity index (χ4n) is 2.53. The first-order valence-electron chi connectivity index (χ1n) is 6.90. The highest BCUT2D eigenvalue weighted by Crippen LogP contribution is 2.39. The number of nitrogens with zero attached hydrogens (tertiary/aromatic N) is 2. The monoisotopic (exact) mass is 251 g/mol. The van der Waals surface area contributed by atoms with E-state index in [0.29, 0.717) is 5.41 Å². The van der Waals surface area contributed by atoms with Crippen molar-refractivity contribution in [3.8, 4) is 0 Å². The molecule has 0 bridgehead atoms. The lowest BCUT2D eigenvalue weighted by Gasteiger charge is -2.23. The van der Waals surface area contributed by atoms with Gasteiger partial charge in [-0.15, -0.1) is 0 Å². The quantitative estimate of drug-likeness (QED) is 0.897. The summed E-state index contributed by atoms with van der Waals surface area (Å²) in [5.41, 5.74) is 6.35. The Kier molecular flexibility index (Phi) is 3.49. The van der Waals surface area contributed by atoms with Crippen LogP contribution in [0.3, 0.4) is 0 Å². The van der Waals surface area contributed by atoms with Gasteiger partial charge in [-0.2, -0.15) is 4.98 Å². The number of hydrogen-bond acceptors (Lipinski definition) is 4. The predicted molar refractivity (Wildman–Crippen MR) is 71.3 cm³/mol. The summed E-state index contributed by atoms with van der Waals surface area (Å²) < 4.78 is 5.45. The smallest absolute Gasteiger partial charge is 0.234 e. The zero-order chi connectivity index (χ0) is 13.4. The van der Waals surface area contributed by atoms with Gasteiger partial charge in [-0.25, -0.2) is 0 Å². The van der Waals surface area contributed by atoms with Gasteiger partial charge in [-0.3, -0.25) is 0 Å². The summed E-state index contributed by atoms with van der Waals surface area (Å²) in [5.74, 6) is 1.55. The Morgan fingerprint density at radius 2 is 2.17 bits per heavy atom. The molecule has 1 aliphatic carbocycles. The molecule has 0 spiro atoms. The Morgan fingerprint density at radius 3 is 2.72 bits per heavy atom. The van der Waals surface area contributed by atoms with Crippen LogP contribution in [-0.2, 0) is 11.8 Å². The maximum atomic E-state index is 6.17. The van der Waals surface area contributed by atoms with Crippen molar-refractivity contribution in [2.75, 3.05) is 0 Å². The van der Waals surface area contributed by atoms with E-state index in [4.69, 9.17) is 10.3 Å². The Balaban J connectivity index is 2.06. The van der Waals surface area contributed by atoms with E-state index in [1.165, 1.54) is 0 Å². The lowest BCUT2D eigenvalue weighted by Crippen LogP contribution is -2.38. The first-order valence-corrected chi connectivity index (χ1v) is 6.90. The van der Waals surface area contributed by atoms with Crippen molar-refractivity contribution < 1.29 is 4.52 Å². The molecule has 1 aliphatic rings. The third-order valence-corrected chi connectivity index (χ3v) is 4.08. The highest BCUT2D eigenvalue weighted by molar-refractivity contribution is 5.11. The molecular weight excluding hydrogens is 226 g/mol. The summed E-state index contributed by atoms with van der Waals surface area (Å²) in [7, 11) is 0. The van der Waals surface area contributed by atoms with Gasteiger partial charge in [0.2, 0.25) is 5.89 Å². The van der Waals surface area contributed by atoms with Gasteiger partial charge >= 0.3 is 0 Å². The second kappa shape index (κ2) is 4.65. The van der Waals surface area contributed by atoms with Crippen molar-refractivity contribution in [2.45, 2.75) is 71.3 Å². The van der Waals surface area contributed by atoms with Gasteiger partial charge in [0.25, 0.3) is 0 Å². The molecule has 1 heterocycles. The molecule has 1 saturated carbocycles. The standard InChI is InChI=1S/C14H25N3O/c1-13(2,3)9-7-11-16-12(18-17-11)14(4)8-5-6-10(14)15/h10H,5-9,15H2,1-4H3. The molecule has 0 saturated heterocycles. The lowest BCUT2D eigenvalue weighted by molar-refractivity contribution is 0.276. The Bertz CT molecular complexity index is 407. The molecule has 0 radical (unpaired) electrons. The largest absolute Gasteiger partial charge is 0.339 e. The molecule has 0 aliphatic heterocycles. The minimum absolute atomic E-state index is 0.118. The molecule has 2 unspecified atom stereocenters. The van der Waals surface area contributed by atoms with Crippen LogP contribution in [0.4, 0.5) is 0 Å². The van der Waals surface area contributed by atoms with Gasteiger partial charge in [0.15, 0.2) is 5.82 Å². The van der Waals surface area contributed by atoms with Crippen molar-refractivity contribution in [2.24, 2.45) is 11.1 Å². The maximum Gasteiger partial charge on any atom is 0.234 e. The van der Waals surface area contributed by atoms with Crippen LogP contribution in [0.25, 0.3) is 0 Å². The van der Waals surface area contributed by atoms with E-state index in [0.717, 1.165) is 43.8 Å². The zero-order valence-corrected chi connectivity index (χ0v) is 12.0. The molecule has 18 heavy (non-hydrogen) atoms. The van der Waals surface area contributed by atoms with Gasteiger partial charge in [0, 0.05) is 12.5 Å². The van der Waals surface area contributed by atoms with E-state index in [1.54, 1.807) is 0 Å². The van der Waals surface area contributed by atoms with Crippen LogP contribution in [0.1, 0.15) is 65.1 Å². The van der Waals surface area contributed by atoms with E-state index < -0.39 is 0 Å². The second-order valence-corrected chi connectivity index (χ2v) is 6.99. The van der Waals surface area contributed by atoms with E-state index in [1.807, 2.05) is 0 Å². The lowest BCUT2D eigenvalue weighted by atomic mass is 9.85. The van der Waals surface area contributed by atoms with Crippen molar-refractivity contribution in [3.63, 3.8) is 0 Å². The third kappa shape index (κ3) is 2.74. The Labute approximate surface area is 109 Å². The van der Waals surface area contributed by atoms with Crippen LogP contribution in [0, 0.1) is 5.41 Å².